The van der Waals surface area contributed by atoms with Gasteiger partial charge < -0.3 is 10.2 Å². The summed E-state index contributed by atoms with van der Waals surface area (Å²) in [6.07, 6.45) is 0.864. The number of carbonyl (C=O) groups is 1. The Hall–Kier alpha value is -2.41. The lowest BCUT2D eigenvalue weighted by Gasteiger charge is -2.18. The number of nitro benzene ring substituents is 1. The highest BCUT2D eigenvalue weighted by molar-refractivity contribution is 9.10. The number of non-ortho nitro benzene ring substituents is 1. The van der Waals surface area contributed by atoms with Crippen LogP contribution in [0.4, 0.5) is 17.1 Å². The number of halogens is 1. The molecule has 0 fully saturated rings. The van der Waals surface area contributed by atoms with E-state index in [0.29, 0.717) is 16.7 Å². The standard InChI is InChI=1S/C16H14BrN3O3/c17-13-9-12(20(22)23)5-6-14(13)18-10-16(21)19-8-7-11-3-1-2-4-15(11)19/h1-6,9,18H,7-8,10H2. The second-order valence-corrected chi connectivity index (χ2v) is 6.05. The number of amides is 1. The summed E-state index contributed by atoms with van der Waals surface area (Å²) in [5, 5.41) is 13.8. The number of nitro groups is 1. The van der Waals surface area contributed by atoms with Crippen molar-refractivity contribution < 1.29 is 9.72 Å². The second-order valence-electron chi connectivity index (χ2n) is 5.20. The van der Waals surface area contributed by atoms with Crippen molar-refractivity contribution in [2.24, 2.45) is 0 Å². The maximum Gasteiger partial charge on any atom is 0.270 e. The number of fused-ring (bicyclic) bond motifs is 1. The van der Waals surface area contributed by atoms with E-state index in [1.807, 2.05) is 24.3 Å². The van der Waals surface area contributed by atoms with E-state index in [0.717, 1.165) is 12.1 Å². The van der Waals surface area contributed by atoms with Crippen molar-refractivity contribution in [3.05, 3.63) is 62.6 Å². The molecule has 1 amide bonds. The van der Waals surface area contributed by atoms with Crippen LogP contribution in [0.1, 0.15) is 5.56 Å². The van der Waals surface area contributed by atoms with Gasteiger partial charge in [-0.25, -0.2) is 0 Å². The zero-order valence-electron chi connectivity index (χ0n) is 12.2. The third-order valence-electron chi connectivity index (χ3n) is 3.78. The molecular formula is C16H14BrN3O3. The van der Waals surface area contributed by atoms with Crippen molar-refractivity contribution in [2.45, 2.75) is 6.42 Å². The topological polar surface area (TPSA) is 75.5 Å². The summed E-state index contributed by atoms with van der Waals surface area (Å²) < 4.78 is 0.557. The summed E-state index contributed by atoms with van der Waals surface area (Å²) in [4.78, 5) is 24.4. The largest absolute Gasteiger partial charge is 0.375 e. The molecule has 1 N–H and O–H groups in total. The van der Waals surface area contributed by atoms with Crippen LogP contribution in [-0.2, 0) is 11.2 Å². The summed E-state index contributed by atoms with van der Waals surface area (Å²) in [5.74, 6) is -0.0276. The molecule has 0 aliphatic carbocycles. The van der Waals surface area contributed by atoms with Crippen molar-refractivity contribution in [3.63, 3.8) is 0 Å². The van der Waals surface area contributed by atoms with E-state index < -0.39 is 4.92 Å². The summed E-state index contributed by atoms with van der Waals surface area (Å²) in [6, 6.07) is 12.3. The highest BCUT2D eigenvalue weighted by atomic mass is 79.9. The number of nitrogens with one attached hydrogen (secondary N) is 1. The quantitative estimate of drug-likeness (QED) is 0.656. The Labute approximate surface area is 141 Å². The minimum atomic E-state index is -0.457. The molecule has 0 atom stereocenters. The second kappa shape index (κ2) is 6.37. The van der Waals surface area contributed by atoms with E-state index in [1.165, 1.54) is 17.7 Å². The Morgan fingerprint density at radius 1 is 1.30 bits per heavy atom. The Kier molecular flexibility index (Phi) is 4.29. The number of hydrogen-bond acceptors (Lipinski definition) is 4. The van der Waals surface area contributed by atoms with Crippen LogP contribution in [-0.4, -0.2) is 23.9 Å². The molecule has 3 rings (SSSR count). The smallest absolute Gasteiger partial charge is 0.270 e. The Balaban J connectivity index is 1.67. The highest BCUT2D eigenvalue weighted by Crippen LogP contribution is 2.29. The van der Waals surface area contributed by atoms with Gasteiger partial charge in [0.05, 0.1) is 11.5 Å². The minimum absolute atomic E-state index is 0.00206. The van der Waals surface area contributed by atoms with Gasteiger partial charge in [-0.05, 0) is 40.0 Å². The maximum absolute atomic E-state index is 12.4. The van der Waals surface area contributed by atoms with Crippen LogP contribution < -0.4 is 10.2 Å². The van der Waals surface area contributed by atoms with Crippen molar-refractivity contribution in [1.82, 2.24) is 0 Å². The lowest BCUT2D eigenvalue weighted by atomic mass is 10.2. The molecular weight excluding hydrogens is 362 g/mol. The van der Waals surface area contributed by atoms with Crippen LogP contribution in [0.3, 0.4) is 0 Å². The average Bonchev–Trinajstić information content (AvgIpc) is 2.97. The van der Waals surface area contributed by atoms with Gasteiger partial charge in [0, 0.05) is 34.5 Å². The molecule has 1 heterocycles. The first-order chi connectivity index (χ1) is 11.1. The van der Waals surface area contributed by atoms with E-state index in [9.17, 15) is 14.9 Å². The molecule has 0 unspecified atom stereocenters. The van der Waals surface area contributed by atoms with Crippen LogP contribution in [0.25, 0.3) is 0 Å². The number of para-hydroxylation sites is 1. The SMILES string of the molecule is O=C(CNc1ccc([N+](=O)[O-])cc1Br)N1CCc2ccccc21. The molecule has 2 aromatic carbocycles. The van der Waals surface area contributed by atoms with Crippen molar-refractivity contribution >= 4 is 38.9 Å². The molecule has 2 aromatic rings. The third-order valence-corrected chi connectivity index (χ3v) is 4.44. The van der Waals surface area contributed by atoms with Gasteiger partial charge in [0.1, 0.15) is 0 Å². The molecule has 0 saturated carbocycles. The fraction of sp³-hybridized carbons (Fsp3) is 0.188. The molecule has 23 heavy (non-hydrogen) atoms. The van der Waals surface area contributed by atoms with Gasteiger partial charge in [-0.15, -0.1) is 0 Å². The highest BCUT2D eigenvalue weighted by Gasteiger charge is 2.23. The summed E-state index contributed by atoms with van der Waals surface area (Å²) in [5.41, 5.74) is 2.79. The minimum Gasteiger partial charge on any atom is -0.375 e. The molecule has 1 aliphatic rings. The van der Waals surface area contributed by atoms with Crippen molar-refractivity contribution in [1.29, 1.82) is 0 Å². The van der Waals surface area contributed by atoms with Crippen molar-refractivity contribution in [2.75, 3.05) is 23.3 Å². The molecule has 0 aromatic heterocycles. The number of nitrogens with zero attached hydrogens (tertiary/aromatic N) is 2. The first kappa shape index (κ1) is 15.5. The summed E-state index contributed by atoms with van der Waals surface area (Å²) in [7, 11) is 0. The molecule has 7 heteroatoms. The monoisotopic (exact) mass is 375 g/mol. The number of rotatable bonds is 4. The van der Waals surface area contributed by atoms with Crippen molar-refractivity contribution in [3.8, 4) is 0 Å². The van der Waals surface area contributed by atoms with Gasteiger partial charge in [-0.1, -0.05) is 18.2 Å². The lowest BCUT2D eigenvalue weighted by Crippen LogP contribution is -2.34. The zero-order valence-corrected chi connectivity index (χ0v) is 13.7. The summed E-state index contributed by atoms with van der Waals surface area (Å²) in [6.45, 7) is 0.812. The third kappa shape index (κ3) is 3.19. The van der Waals surface area contributed by atoms with Gasteiger partial charge in [0.2, 0.25) is 5.91 Å². The van der Waals surface area contributed by atoms with Crippen LogP contribution in [0, 0.1) is 10.1 Å². The Morgan fingerprint density at radius 2 is 2.09 bits per heavy atom. The molecule has 0 saturated heterocycles. The number of hydrogen-bond donors (Lipinski definition) is 1. The number of anilines is 2. The average molecular weight is 376 g/mol. The van der Waals surface area contributed by atoms with Gasteiger partial charge in [-0.2, -0.15) is 0 Å². The summed E-state index contributed by atoms with van der Waals surface area (Å²) >= 11 is 3.28. The first-order valence-electron chi connectivity index (χ1n) is 7.12. The van der Waals surface area contributed by atoms with Gasteiger partial charge >= 0.3 is 0 Å². The fourth-order valence-electron chi connectivity index (χ4n) is 2.62. The molecule has 6 nitrogen and oxygen atoms in total. The fourth-order valence-corrected chi connectivity index (χ4v) is 3.13. The Morgan fingerprint density at radius 3 is 2.83 bits per heavy atom. The van der Waals surface area contributed by atoms with Crippen LogP contribution >= 0.6 is 15.9 Å². The van der Waals surface area contributed by atoms with Gasteiger partial charge in [-0.3, -0.25) is 14.9 Å². The van der Waals surface area contributed by atoms with E-state index in [4.69, 9.17) is 0 Å². The van der Waals surface area contributed by atoms with E-state index in [1.54, 1.807) is 11.0 Å². The number of carbonyl (C=O) groups excluding carboxylic acids is 1. The van der Waals surface area contributed by atoms with Gasteiger partial charge in [0.15, 0.2) is 0 Å². The molecule has 0 spiro atoms. The molecule has 0 bridgehead atoms. The van der Waals surface area contributed by atoms with Gasteiger partial charge in [0.25, 0.3) is 5.69 Å². The molecule has 0 radical (unpaired) electrons. The zero-order chi connectivity index (χ0) is 16.4. The van der Waals surface area contributed by atoms with E-state index in [-0.39, 0.29) is 18.1 Å². The molecule has 1 aliphatic heterocycles. The normalized spacial score (nSPS) is 12.8. The van der Waals surface area contributed by atoms with E-state index >= 15 is 0 Å². The first-order valence-corrected chi connectivity index (χ1v) is 7.91. The predicted octanol–water partition coefficient (Wildman–Crippen LogP) is 3.36. The van der Waals surface area contributed by atoms with Crippen LogP contribution in [0.2, 0.25) is 0 Å². The Bertz CT molecular complexity index is 779. The van der Waals surface area contributed by atoms with E-state index in [2.05, 4.69) is 21.2 Å². The molecule has 118 valence electrons. The maximum atomic E-state index is 12.4. The lowest BCUT2D eigenvalue weighted by molar-refractivity contribution is -0.384. The number of benzene rings is 2. The van der Waals surface area contributed by atoms with Crippen LogP contribution in [0.5, 0.6) is 0 Å². The van der Waals surface area contributed by atoms with Crippen LogP contribution in [0.15, 0.2) is 46.9 Å². The predicted molar refractivity (Wildman–Crippen MR) is 91.8 cm³/mol.